The number of carbonyl (C=O) groups excluding carboxylic acids is 4. The summed E-state index contributed by atoms with van der Waals surface area (Å²) in [5.41, 5.74) is 0.946. The van der Waals surface area contributed by atoms with E-state index in [0.717, 1.165) is 49.2 Å². The van der Waals surface area contributed by atoms with Crippen molar-refractivity contribution in [3.8, 4) is 0 Å². The fourth-order valence-electron chi connectivity index (χ4n) is 7.79. The summed E-state index contributed by atoms with van der Waals surface area (Å²) in [6, 6.07) is 19.4. The van der Waals surface area contributed by atoms with E-state index in [1.165, 1.54) is 21.9 Å². The molecule has 0 radical (unpaired) electrons. The number of hydrogen-bond acceptors (Lipinski definition) is 7. The SMILES string of the molecule is O=C(NCc1cccc(C(F)(F)F)c1)[C@@H](CC(=O)N1CCN(N2CCCC2)CC1)N1C(=O)[C@@H](N2C(=O)OC[C@@H]2c2ccccc2)[C@H]1/C=C/c1ccccc1. The summed E-state index contributed by atoms with van der Waals surface area (Å²) in [6.07, 6.45) is 0.218. The molecular formula is C40H43F3N6O5. The lowest BCUT2D eigenvalue weighted by Crippen LogP contribution is -2.74. The van der Waals surface area contributed by atoms with Gasteiger partial charge in [-0.2, -0.15) is 13.2 Å². The van der Waals surface area contributed by atoms with E-state index < -0.39 is 53.8 Å². The summed E-state index contributed by atoms with van der Waals surface area (Å²) in [5, 5.41) is 7.27. The second-order valence-electron chi connectivity index (χ2n) is 14.0. The van der Waals surface area contributed by atoms with E-state index in [1.807, 2.05) is 60.7 Å². The highest BCUT2D eigenvalue weighted by atomic mass is 19.4. The average Bonchev–Trinajstić information content (AvgIpc) is 3.86. The summed E-state index contributed by atoms with van der Waals surface area (Å²) >= 11 is 0. The van der Waals surface area contributed by atoms with E-state index >= 15 is 0 Å². The van der Waals surface area contributed by atoms with Crippen LogP contribution in [0.5, 0.6) is 0 Å². The minimum absolute atomic E-state index is 0.0323. The molecule has 0 unspecified atom stereocenters. The van der Waals surface area contributed by atoms with Crippen LogP contribution in [0.25, 0.3) is 6.08 Å². The van der Waals surface area contributed by atoms with Crippen LogP contribution in [0.1, 0.15) is 47.6 Å². The van der Waals surface area contributed by atoms with Crippen LogP contribution in [0.2, 0.25) is 0 Å². The van der Waals surface area contributed by atoms with Crippen LogP contribution in [-0.4, -0.2) is 113 Å². The van der Waals surface area contributed by atoms with Gasteiger partial charge in [0.05, 0.1) is 24.1 Å². The quantitative estimate of drug-likeness (QED) is 0.284. The number of nitrogens with one attached hydrogen (secondary N) is 1. The summed E-state index contributed by atoms with van der Waals surface area (Å²) in [6.45, 7) is 3.91. The van der Waals surface area contributed by atoms with E-state index in [1.54, 1.807) is 17.1 Å². The molecule has 0 aliphatic carbocycles. The molecule has 14 heteroatoms. The Bertz CT molecular complexity index is 1850. The summed E-state index contributed by atoms with van der Waals surface area (Å²) in [5.74, 6) is -1.55. The van der Waals surface area contributed by atoms with Crippen LogP contribution in [0.3, 0.4) is 0 Å². The van der Waals surface area contributed by atoms with Crippen molar-refractivity contribution in [1.82, 2.24) is 30.0 Å². The fourth-order valence-corrected chi connectivity index (χ4v) is 7.79. The van der Waals surface area contributed by atoms with E-state index in [2.05, 4.69) is 15.3 Å². The van der Waals surface area contributed by atoms with Crippen molar-refractivity contribution in [1.29, 1.82) is 0 Å². The first-order chi connectivity index (χ1) is 26.1. The van der Waals surface area contributed by atoms with Crippen molar-refractivity contribution >= 4 is 29.9 Å². The topological polar surface area (TPSA) is 106 Å². The van der Waals surface area contributed by atoms with E-state index in [9.17, 15) is 32.3 Å². The molecule has 54 heavy (non-hydrogen) atoms. The van der Waals surface area contributed by atoms with E-state index in [4.69, 9.17) is 4.74 Å². The third-order valence-corrected chi connectivity index (χ3v) is 10.7. The molecule has 1 N–H and O–H groups in total. The minimum Gasteiger partial charge on any atom is -0.447 e. The Hall–Kier alpha value is -5.21. The molecule has 0 saturated carbocycles. The van der Waals surface area contributed by atoms with Gasteiger partial charge in [-0.15, -0.1) is 0 Å². The number of carbonyl (C=O) groups is 4. The Morgan fingerprint density at radius 3 is 2.20 bits per heavy atom. The molecular weight excluding hydrogens is 701 g/mol. The first kappa shape index (κ1) is 37.1. The standard InChI is InChI=1S/C40H43F3N6O5/c41-40(42,43)31-15-9-12-29(24-31)26-44-37(51)33(25-35(50)45-20-22-47(23-21-45)46-18-7-8-19-46)48-32(17-16-28-10-3-1-4-11-28)36(38(48)52)49-34(27-54-39(49)53)30-13-5-2-6-14-30/h1-6,9-17,24,32-34,36H,7-8,18-23,25-27H2,(H,44,51)/b17-16+/t32-,33-,34-,36+/m1/s1. The maximum absolute atomic E-state index is 14.4. The highest BCUT2D eigenvalue weighted by Gasteiger charge is 2.58. The number of hydrogen-bond donors (Lipinski definition) is 1. The zero-order valence-electron chi connectivity index (χ0n) is 29.7. The Labute approximate surface area is 311 Å². The molecule has 0 bridgehead atoms. The second kappa shape index (κ2) is 16.0. The molecule has 4 heterocycles. The third-order valence-electron chi connectivity index (χ3n) is 10.7. The van der Waals surface area contributed by atoms with Crippen molar-refractivity contribution in [2.45, 2.75) is 56.2 Å². The van der Waals surface area contributed by atoms with Gasteiger partial charge in [-0.25, -0.2) is 14.8 Å². The van der Waals surface area contributed by atoms with Gasteiger partial charge in [0.15, 0.2) is 0 Å². The van der Waals surface area contributed by atoms with Gasteiger partial charge in [-0.05, 0) is 41.7 Å². The average molecular weight is 745 g/mol. The highest BCUT2D eigenvalue weighted by molar-refractivity contribution is 5.99. The van der Waals surface area contributed by atoms with Crippen LogP contribution in [0.15, 0.2) is 91.0 Å². The maximum atomic E-state index is 14.4. The number of nitrogens with zero attached hydrogens (tertiary/aromatic N) is 5. The third kappa shape index (κ3) is 7.99. The Morgan fingerprint density at radius 2 is 1.52 bits per heavy atom. The predicted molar refractivity (Wildman–Crippen MR) is 193 cm³/mol. The lowest BCUT2D eigenvalue weighted by atomic mass is 9.87. The molecule has 4 saturated heterocycles. The number of cyclic esters (lactones) is 1. The summed E-state index contributed by atoms with van der Waals surface area (Å²) in [4.78, 5) is 60.3. The van der Waals surface area contributed by atoms with E-state index in [0.29, 0.717) is 26.2 Å². The van der Waals surface area contributed by atoms with Crippen LogP contribution in [0, 0.1) is 0 Å². The van der Waals surface area contributed by atoms with Gasteiger partial charge in [-0.3, -0.25) is 19.3 Å². The molecule has 3 aromatic carbocycles. The number of alkyl halides is 3. The largest absolute Gasteiger partial charge is 0.447 e. The van der Waals surface area contributed by atoms with Crippen molar-refractivity contribution in [2.24, 2.45) is 0 Å². The van der Waals surface area contributed by atoms with Gasteiger partial charge in [0.2, 0.25) is 17.7 Å². The maximum Gasteiger partial charge on any atom is 0.416 e. The molecule has 3 aromatic rings. The molecule has 11 nitrogen and oxygen atoms in total. The van der Waals surface area contributed by atoms with Gasteiger partial charge >= 0.3 is 12.3 Å². The predicted octanol–water partition coefficient (Wildman–Crippen LogP) is 4.72. The van der Waals surface area contributed by atoms with Crippen LogP contribution in [-0.2, 0) is 31.8 Å². The molecule has 4 fully saturated rings. The monoisotopic (exact) mass is 744 g/mol. The number of likely N-dealkylation sites (tertiary alicyclic amines) is 1. The van der Waals surface area contributed by atoms with Crippen LogP contribution < -0.4 is 5.32 Å². The lowest BCUT2D eigenvalue weighted by Gasteiger charge is -2.52. The molecule has 284 valence electrons. The first-order valence-corrected chi connectivity index (χ1v) is 18.4. The van der Waals surface area contributed by atoms with Gasteiger partial charge in [0.1, 0.15) is 18.7 Å². The number of ether oxygens (including phenoxy) is 1. The summed E-state index contributed by atoms with van der Waals surface area (Å²) < 4.78 is 45.9. The number of β-lactam (4-membered cyclic amide) rings is 1. The van der Waals surface area contributed by atoms with Crippen molar-refractivity contribution in [2.75, 3.05) is 45.9 Å². The molecule has 4 aliphatic rings. The summed E-state index contributed by atoms with van der Waals surface area (Å²) in [7, 11) is 0. The van der Waals surface area contributed by atoms with Gasteiger partial charge < -0.3 is 19.9 Å². The van der Waals surface area contributed by atoms with Gasteiger partial charge in [-0.1, -0.05) is 84.9 Å². The molecule has 0 aromatic heterocycles. The highest BCUT2D eigenvalue weighted by Crippen LogP contribution is 2.39. The number of halogens is 3. The smallest absolute Gasteiger partial charge is 0.416 e. The van der Waals surface area contributed by atoms with Crippen molar-refractivity contribution in [3.63, 3.8) is 0 Å². The number of hydrazine groups is 1. The number of piperazine rings is 1. The van der Waals surface area contributed by atoms with E-state index in [-0.39, 0.29) is 31.0 Å². The molecule has 4 atom stereocenters. The normalized spacial score (nSPS) is 23.1. The zero-order chi connectivity index (χ0) is 37.8. The van der Waals surface area contributed by atoms with Gasteiger partial charge in [0, 0.05) is 45.8 Å². The van der Waals surface area contributed by atoms with Crippen molar-refractivity contribution in [3.05, 3.63) is 113 Å². The Kier molecular flexibility index (Phi) is 11.0. The lowest BCUT2D eigenvalue weighted by molar-refractivity contribution is -0.164. The second-order valence-corrected chi connectivity index (χ2v) is 14.0. The minimum atomic E-state index is -4.57. The zero-order valence-corrected chi connectivity index (χ0v) is 29.7. The molecule has 0 spiro atoms. The number of benzene rings is 3. The molecule has 4 amide bonds. The Morgan fingerprint density at radius 1 is 0.852 bits per heavy atom. The van der Waals surface area contributed by atoms with Crippen molar-refractivity contribution < 1.29 is 37.1 Å². The van der Waals surface area contributed by atoms with Crippen LogP contribution in [0.4, 0.5) is 18.0 Å². The van der Waals surface area contributed by atoms with Gasteiger partial charge in [0.25, 0.3) is 0 Å². The Balaban J connectivity index is 1.17. The van der Waals surface area contributed by atoms with Crippen LogP contribution >= 0.6 is 0 Å². The molecule has 7 rings (SSSR count). The molecule has 4 aliphatic heterocycles. The number of amides is 4. The number of rotatable bonds is 11. The first-order valence-electron chi connectivity index (χ1n) is 18.4. The fraction of sp³-hybridized carbons (Fsp3) is 0.400.